The summed E-state index contributed by atoms with van der Waals surface area (Å²) in [6, 6.07) is 0. The first kappa shape index (κ1) is 25.3. The van der Waals surface area contributed by atoms with Crippen LogP contribution in [0.4, 0.5) is 0 Å². The Hall–Kier alpha value is -3.80. The molecule has 12 nitrogen and oxygen atoms in total. The van der Waals surface area contributed by atoms with Gasteiger partial charge in [0.1, 0.15) is 17.8 Å². The molecule has 0 bridgehead atoms. The zero-order chi connectivity index (χ0) is 26.4. The molecular weight excluding hydrogens is 484 g/mol. The molecule has 2 N–H and O–H groups in total. The van der Waals surface area contributed by atoms with Gasteiger partial charge in [-0.25, -0.2) is 15.0 Å². The molecular formula is C23H29ClN10O2. The summed E-state index contributed by atoms with van der Waals surface area (Å²) >= 11 is 5.88. The summed E-state index contributed by atoms with van der Waals surface area (Å²) in [5, 5.41) is 10.1. The van der Waals surface area contributed by atoms with Crippen LogP contribution in [0.25, 0.3) is 22.8 Å². The third kappa shape index (κ3) is 4.55. The molecule has 5 heterocycles. The molecule has 0 amide bonds. The predicted molar refractivity (Wildman–Crippen MR) is 137 cm³/mol. The Labute approximate surface area is 211 Å². The molecule has 190 valence electrons. The lowest BCUT2D eigenvalue weighted by Gasteiger charge is -2.18. The van der Waals surface area contributed by atoms with Gasteiger partial charge < -0.3 is 0 Å². The third-order valence-electron chi connectivity index (χ3n) is 5.59. The number of nitrogens with zero attached hydrogens (tertiary/aromatic N) is 8. The molecule has 0 aliphatic carbocycles. The van der Waals surface area contributed by atoms with E-state index in [-0.39, 0.29) is 33.6 Å². The molecule has 13 heteroatoms. The van der Waals surface area contributed by atoms with Gasteiger partial charge in [-0.3, -0.25) is 24.5 Å². The van der Waals surface area contributed by atoms with E-state index in [1.165, 1.54) is 21.7 Å². The van der Waals surface area contributed by atoms with E-state index in [0.717, 1.165) is 5.56 Å². The summed E-state index contributed by atoms with van der Waals surface area (Å²) in [5.74, 6) is 0.758. The topological polar surface area (TPSA) is 144 Å². The van der Waals surface area contributed by atoms with Crippen LogP contribution in [0.2, 0.25) is 5.15 Å². The number of aromatic amines is 2. The van der Waals surface area contributed by atoms with Gasteiger partial charge in [0.2, 0.25) is 0 Å². The number of fused-ring (bicyclic) bond motifs is 2. The summed E-state index contributed by atoms with van der Waals surface area (Å²) in [6.07, 6.45) is 6.55. The first-order valence-electron chi connectivity index (χ1n) is 11.5. The van der Waals surface area contributed by atoms with Crippen molar-refractivity contribution in [2.24, 2.45) is 0 Å². The van der Waals surface area contributed by atoms with Crippen LogP contribution in [0.3, 0.4) is 0 Å². The summed E-state index contributed by atoms with van der Waals surface area (Å²) in [5.41, 5.74) is 2.23. The zero-order valence-corrected chi connectivity index (χ0v) is 22.0. The van der Waals surface area contributed by atoms with Crippen LogP contribution in [-0.2, 0) is 5.54 Å². The average molecular weight is 513 g/mol. The number of aromatic nitrogens is 10. The van der Waals surface area contributed by atoms with Gasteiger partial charge >= 0.3 is 0 Å². The van der Waals surface area contributed by atoms with Gasteiger partial charge in [-0.05, 0) is 32.6 Å². The monoisotopic (exact) mass is 512 g/mol. The second-order valence-corrected chi connectivity index (χ2v) is 10.4. The second kappa shape index (κ2) is 9.34. The maximum absolute atomic E-state index is 12.7. The van der Waals surface area contributed by atoms with E-state index >= 15 is 0 Å². The van der Waals surface area contributed by atoms with E-state index in [0.29, 0.717) is 28.4 Å². The Bertz CT molecular complexity index is 1650. The molecule has 0 saturated carbocycles. The van der Waals surface area contributed by atoms with E-state index in [4.69, 9.17) is 11.6 Å². The third-order valence-corrected chi connectivity index (χ3v) is 5.87. The maximum atomic E-state index is 12.7. The zero-order valence-electron chi connectivity index (χ0n) is 21.2. The standard InChI is InChI=1S/C15H20N6O.C8H9ClN4O/c1-9(2)11-12(10-6-17-20(7-10)15(3,4)5)19-14-16-8-18-21(14)13(11)22;1-4(2)5-6(9)12-8-10-3-11-13(8)7(5)14/h6-9H,1-5H3,(H,16,18,19);3-4H,1-2H3,(H,10,11,12). The lowest BCUT2D eigenvalue weighted by Crippen LogP contribution is -2.23. The Balaban J connectivity index is 0.000000187. The molecule has 0 radical (unpaired) electrons. The lowest BCUT2D eigenvalue weighted by atomic mass is 10.00. The molecule has 36 heavy (non-hydrogen) atoms. The maximum Gasteiger partial charge on any atom is 0.278 e. The largest absolute Gasteiger partial charge is 0.278 e. The van der Waals surface area contributed by atoms with Crippen LogP contribution < -0.4 is 11.1 Å². The van der Waals surface area contributed by atoms with Crippen LogP contribution in [0, 0.1) is 0 Å². The molecule has 0 aliphatic heterocycles. The molecule has 0 fully saturated rings. The van der Waals surface area contributed by atoms with Crippen LogP contribution in [0.1, 0.15) is 71.4 Å². The molecule has 0 aliphatic rings. The minimum absolute atomic E-state index is 0.0442. The Morgan fingerprint density at radius 1 is 0.861 bits per heavy atom. The smallest absolute Gasteiger partial charge is 0.278 e. The van der Waals surface area contributed by atoms with Gasteiger partial charge in [-0.2, -0.15) is 19.1 Å². The van der Waals surface area contributed by atoms with E-state index in [9.17, 15) is 9.59 Å². The molecule has 0 atom stereocenters. The Kier molecular flexibility index (Phi) is 6.56. The summed E-state index contributed by atoms with van der Waals surface area (Å²) in [7, 11) is 0. The van der Waals surface area contributed by atoms with Crippen LogP contribution in [0.15, 0.2) is 34.6 Å². The number of hydrogen-bond donors (Lipinski definition) is 2. The van der Waals surface area contributed by atoms with Gasteiger partial charge in [0.25, 0.3) is 22.7 Å². The Morgan fingerprint density at radius 2 is 1.39 bits per heavy atom. The number of rotatable bonds is 3. The van der Waals surface area contributed by atoms with Gasteiger partial charge in [-0.15, -0.1) is 0 Å². The van der Waals surface area contributed by atoms with Gasteiger partial charge in [0.15, 0.2) is 0 Å². The van der Waals surface area contributed by atoms with E-state index in [2.05, 4.69) is 56.0 Å². The Morgan fingerprint density at radius 3 is 1.89 bits per heavy atom. The first-order chi connectivity index (χ1) is 16.9. The molecule has 5 aromatic rings. The van der Waals surface area contributed by atoms with Gasteiger partial charge in [0.05, 0.1) is 23.0 Å². The van der Waals surface area contributed by atoms with Crippen molar-refractivity contribution in [1.82, 2.24) is 48.9 Å². The first-order valence-corrected chi connectivity index (χ1v) is 11.9. The van der Waals surface area contributed by atoms with Crippen LogP contribution >= 0.6 is 11.6 Å². The minimum atomic E-state index is -0.187. The summed E-state index contributed by atoms with van der Waals surface area (Å²) in [6.45, 7) is 14.0. The number of hydrogen-bond acceptors (Lipinski definition) is 7. The highest BCUT2D eigenvalue weighted by molar-refractivity contribution is 6.30. The normalized spacial score (nSPS) is 12.1. The van der Waals surface area contributed by atoms with Crippen molar-refractivity contribution >= 4 is 23.2 Å². The van der Waals surface area contributed by atoms with Crippen molar-refractivity contribution in [2.75, 3.05) is 0 Å². The number of nitrogens with one attached hydrogen (secondary N) is 2. The molecule has 5 rings (SSSR count). The van der Waals surface area contributed by atoms with Crippen molar-refractivity contribution in [3.05, 3.63) is 62.0 Å². The highest BCUT2D eigenvalue weighted by atomic mass is 35.5. The molecule has 0 unspecified atom stereocenters. The molecule has 0 spiro atoms. The second-order valence-electron chi connectivity index (χ2n) is 10.00. The average Bonchev–Trinajstić information content (AvgIpc) is 3.53. The van der Waals surface area contributed by atoms with Crippen molar-refractivity contribution < 1.29 is 0 Å². The minimum Gasteiger partial charge on any atom is -0.278 e. The highest BCUT2D eigenvalue weighted by Gasteiger charge is 2.21. The predicted octanol–water partition coefficient (Wildman–Crippen LogP) is 3.35. The summed E-state index contributed by atoms with van der Waals surface area (Å²) < 4.78 is 4.52. The van der Waals surface area contributed by atoms with Crippen molar-refractivity contribution in [2.45, 2.75) is 65.8 Å². The fourth-order valence-corrected chi connectivity index (χ4v) is 4.13. The van der Waals surface area contributed by atoms with Crippen LogP contribution in [0.5, 0.6) is 0 Å². The van der Waals surface area contributed by atoms with Crippen molar-refractivity contribution in [3.63, 3.8) is 0 Å². The quantitative estimate of drug-likeness (QED) is 0.352. The van der Waals surface area contributed by atoms with Gasteiger partial charge in [0, 0.05) is 17.3 Å². The van der Waals surface area contributed by atoms with E-state index < -0.39 is 0 Å². The van der Waals surface area contributed by atoms with E-state index in [1.54, 1.807) is 6.20 Å². The number of H-pyrrole nitrogens is 2. The number of halogens is 1. The summed E-state index contributed by atoms with van der Waals surface area (Å²) in [4.78, 5) is 41.0. The van der Waals surface area contributed by atoms with Crippen molar-refractivity contribution in [3.8, 4) is 11.3 Å². The fourth-order valence-electron chi connectivity index (χ4n) is 3.75. The van der Waals surface area contributed by atoms with Gasteiger partial charge in [-0.1, -0.05) is 39.3 Å². The molecule has 5 aromatic heterocycles. The molecule has 0 saturated heterocycles. The van der Waals surface area contributed by atoms with Crippen LogP contribution in [-0.4, -0.2) is 48.9 Å². The molecule has 0 aromatic carbocycles. The SMILES string of the molecule is CC(C)c1c(-c2cnn(C(C)(C)C)c2)nc2nc[nH]n2c1=O.CC(C)c1c(Cl)nc2nc[nH]n2c1=O. The van der Waals surface area contributed by atoms with Crippen molar-refractivity contribution in [1.29, 1.82) is 0 Å². The van der Waals surface area contributed by atoms with E-state index in [1.807, 2.05) is 38.6 Å². The lowest BCUT2D eigenvalue weighted by molar-refractivity contribution is 0.355. The fraction of sp³-hybridized carbons (Fsp3) is 0.435. The highest BCUT2D eigenvalue weighted by Crippen LogP contribution is 2.26.